The van der Waals surface area contributed by atoms with Crippen molar-refractivity contribution in [3.63, 3.8) is 0 Å². The van der Waals surface area contributed by atoms with Gasteiger partial charge in [-0.05, 0) is 73.3 Å². The van der Waals surface area contributed by atoms with E-state index in [4.69, 9.17) is 0 Å². The number of hydrogen-bond donors (Lipinski definition) is 1. The summed E-state index contributed by atoms with van der Waals surface area (Å²) in [6, 6.07) is 14.4. The van der Waals surface area contributed by atoms with Crippen molar-refractivity contribution in [3.8, 4) is 17.3 Å². The molecule has 0 bridgehead atoms. The number of piperidine rings is 1. The number of H-pyrrole nitrogens is 1. The van der Waals surface area contributed by atoms with Crippen LogP contribution in [0.2, 0.25) is 0 Å². The number of hydrogen-bond acceptors (Lipinski definition) is 4. The van der Waals surface area contributed by atoms with E-state index in [-0.39, 0.29) is 5.91 Å². The third-order valence-corrected chi connectivity index (χ3v) is 7.17. The first-order valence-electron chi connectivity index (χ1n) is 11.4. The van der Waals surface area contributed by atoms with E-state index in [0.717, 1.165) is 46.4 Å². The number of amides is 1. The average Bonchev–Trinajstić information content (AvgIpc) is 3.32. The van der Waals surface area contributed by atoms with Gasteiger partial charge in [0.15, 0.2) is 0 Å². The van der Waals surface area contributed by atoms with Gasteiger partial charge in [0.2, 0.25) is 0 Å². The van der Waals surface area contributed by atoms with Crippen LogP contribution in [0.4, 0.5) is 0 Å². The lowest BCUT2D eigenvalue weighted by molar-refractivity contribution is 0.0712. The zero-order valence-electron chi connectivity index (χ0n) is 18.3. The highest BCUT2D eigenvalue weighted by Crippen LogP contribution is 2.42. The highest BCUT2D eigenvalue weighted by Gasteiger charge is 2.29. The second-order valence-corrected chi connectivity index (χ2v) is 9.00. The number of aromatic amines is 1. The first-order valence-corrected chi connectivity index (χ1v) is 11.4. The van der Waals surface area contributed by atoms with E-state index in [1.807, 2.05) is 42.2 Å². The number of rotatable bonds is 4. The number of aromatic nitrogens is 3. The minimum absolute atomic E-state index is 0.0828. The molecule has 1 aromatic heterocycles. The van der Waals surface area contributed by atoms with Crippen molar-refractivity contribution in [2.24, 2.45) is 0 Å². The van der Waals surface area contributed by atoms with Crippen molar-refractivity contribution in [1.29, 1.82) is 5.26 Å². The minimum Gasteiger partial charge on any atom is -0.339 e. The van der Waals surface area contributed by atoms with E-state index >= 15 is 0 Å². The summed E-state index contributed by atoms with van der Waals surface area (Å²) in [4.78, 5) is 15.5. The molecule has 5 rings (SSSR count). The van der Waals surface area contributed by atoms with Crippen LogP contribution in [0, 0.1) is 18.3 Å². The van der Waals surface area contributed by atoms with Crippen molar-refractivity contribution < 1.29 is 4.79 Å². The largest absolute Gasteiger partial charge is 0.339 e. The van der Waals surface area contributed by atoms with Crippen LogP contribution in [0.3, 0.4) is 0 Å². The molecule has 162 valence electrons. The number of carbonyl (C=O) groups excluding carboxylic acids is 1. The predicted octanol–water partition coefficient (Wildman–Crippen LogP) is 4.94. The van der Waals surface area contributed by atoms with E-state index in [0.29, 0.717) is 24.9 Å². The molecule has 6 heteroatoms. The van der Waals surface area contributed by atoms with Crippen molar-refractivity contribution in [3.05, 3.63) is 70.4 Å². The molecule has 2 heterocycles. The van der Waals surface area contributed by atoms with Crippen LogP contribution >= 0.6 is 0 Å². The van der Waals surface area contributed by atoms with Gasteiger partial charge in [-0.2, -0.15) is 20.7 Å². The van der Waals surface area contributed by atoms with Gasteiger partial charge >= 0.3 is 0 Å². The molecule has 1 amide bonds. The fourth-order valence-electron chi connectivity index (χ4n) is 5.09. The molecule has 1 saturated carbocycles. The van der Waals surface area contributed by atoms with E-state index in [2.05, 4.69) is 27.5 Å². The fourth-order valence-corrected chi connectivity index (χ4v) is 5.09. The Kier molecular flexibility index (Phi) is 5.48. The van der Waals surface area contributed by atoms with Gasteiger partial charge in [-0.3, -0.25) is 4.79 Å². The van der Waals surface area contributed by atoms with Crippen LogP contribution in [-0.2, 0) is 0 Å². The molecule has 1 aliphatic heterocycles. The molecule has 2 fully saturated rings. The lowest BCUT2D eigenvalue weighted by Gasteiger charge is -2.33. The molecule has 1 saturated heterocycles. The van der Waals surface area contributed by atoms with Crippen LogP contribution in [-0.4, -0.2) is 39.3 Å². The van der Waals surface area contributed by atoms with Gasteiger partial charge in [-0.15, -0.1) is 0 Å². The van der Waals surface area contributed by atoms with Crippen molar-refractivity contribution in [2.75, 3.05) is 13.1 Å². The number of nitrogens with one attached hydrogen (secondary N) is 1. The summed E-state index contributed by atoms with van der Waals surface area (Å²) in [5.74, 6) is 0.947. The van der Waals surface area contributed by atoms with Gasteiger partial charge in [0.25, 0.3) is 5.91 Å². The number of nitriles is 1. The van der Waals surface area contributed by atoms with Crippen LogP contribution in [0.5, 0.6) is 0 Å². The highest BCUT2D eigenvalue weighted by atomic mass is 16.2. The second-order valence-electron chi connectivity index (χ2n) is 9.00. The number of likely N-dealkylation sites (tertiary alicyclic amines) is 1. The third kappa shape index (κ3) is 3.69. The van der Waals surface area contributed by atoms with Crippen molar-refractivity contribution >= 4 is 5.91 Å². The molecule has 3 aromatic rings. The fraction of sp³-hybridized carbons (Fsp3) is 0.385. The molecule has 32 heavy (non-hydrogen) atoms. The van der Waals surface area contributed by atoms with E-state index in [9.17, 15) is 10.1 Å². The smallest absolute Gasteiger partial charge is 0.254 e. The molecule has 0 radical (unpaired) electrons. The van der Waals surface area contributed by atoms with E-state index in [1.54, 1.807) is 6.20 Å². The standard InChI is InChI=1S/C26H27N5O/c1-17-13-23(18-6-4-7-18)24(25-16-28-30-29-25)14-22(17)26(32)31-11-9-19(10-12-31)21-8-3-2-5-20(21)15-27/h2-3,5,8,13-14,16,18-19H,4,6-7,9-12H2,1H3,(H,28,29,30). The summed E-state index contributed by atoms with van der Waals surface area (Å²) in [5, 5.41) is 20.4. The highest BCUT2D eigenvalue weighted by molar-refractivity contribution is 5.97. The summed E-state index contributed by atoms with van der Waals surface area (Å²) >= 11 is 0. The Morgan fingerprint density at radius 3 is 2.50 bits per heavy atom. The first kappa shape index (κ1) is 20.4. The van der Waals surface area contributed by atoms with Gasteiger partial charge in [0.1, 0.15) is 5.69 Å². The molecular weight excluding hydrogens is 398 g/mol. The van der Waals surface area contributed by atoms with E-state index < -0.39 is 0 Å². The maximum absolute atomic E-state index is 13.5. The Bertz CT molecular complexity index is 1170. The third-order valence-electron chi connectivity index (χ3n) is 7.17. The maximum Gasteiger partial charge on any atom is 0.254 e. The Hall–Kier alpha value is -3.46. The summed E-state index contributed by atoms with van der Waals surface area (Å²) in [6.07, 6.45) is 7.12. The summed E-state index contributed by atoms with van der Waals surface area (Å²) in [5.41, 5.74) is 6.74. The lowest BCUT2D eigenvalue weighted by atomic mass is 9.76. The monoisotopic (exact) mass is 425 g/mol. The van der Waals surface area contributed by atoms with Crippen LogP contribution in [0.1, 0.15) is 76.6 Å². The van der Waals surface area contributed by atoms with Gasteiger partial charge in [-0.1, -0.05) is 30.7 Å². The normalized spacial score (nSPS) is 17.1. The maximum atomic E-state index is 13.5. The summed E-state index contributed by atoms with van der Waals surface area (Å²) in [7, 11) is 0. The first-order chi connectivity index (χ1) is 15.7. The molecular formula is C26H27N5O. The predicted molar refractivity (Wildman–Crippen MR) is 122 cm³/mol. The molecule has 2 aliphatic rings. The topological polar surface area (TPSA) is 85.7 Å². The van der Waals surface area contributed by atoms with E-state index in [1.165, 1.54) is 24.8 Å². The van der Waals surface area contributed by atoms with Gasteiger partial charge in [0, 0.05) is 24.2 Å². The SMILES string of the molecule is Cc1cc(C2CCC2)c(-c2cn[nH]n2)cc1C(=O)N1CCC(c2ccccc2C#N)CC1. The number of nitrogens with zero attached hydrogens (tertiary/aromatic N) is 4. The molecule has 2 aromatic carbocycles. The molecule has 1 N–H and O–H groups in total. The van der Waals surface area contributed by atoms with Crippen LogP contribution in [0.15, 0.2) is 42.6 Å². The van der Waals surface area contributed by atoms with Crippen molar-refractivity contribution in [2.45, 2.75) is 50.9 Å². The van der Waals surface area contributed by atoms with Crippen LogP contribution in [0.25, 0.3) is 11.3 Å². The summed E-state index contributed by atoms with van der Waals surface area (Å²) < 4.78 is 0. The molecule has 0 unspecified atom stereocenters. The second kappa shape index (κ2) is 8.58. The zero-order valence-corrected chi connectivity index (χ0v) is 18.3. The molecule has 6 nitrogen and oxygen atoms in total. The minimum atomic E-state index is 0.0828. The van der Waals surface area contributed by atoms with Gasteiger partial charge in [0.05, 0.1) is 17.8 Å². The van der Waals surface area contributed by atoms with Crippen molar-refractivity contribution in [1.82, 2.24) is 20.3 Å². The lowest BCUT2D eigenvalue weighted by Crippen LogP contribution is -2.38. The quantitative estimate of drug-likeness (QED) is 0.642. The molecule has 0 atom stereocenters. The Labute approximate surface area is 188 Å². The Morgan fingerprint density at radius 2 is 1.84 bits per heavy atom. The summed E-state index contributed by atoms with van der Waals surface area (Å²) in [6.45, 7) is 3.44. The number of benzene rings is 2. The number of carbonyl (C=O) groups is 1. The Balaban J connectivity index is 1.38. The van der Waals surface area contributed by atoms with Gasteiger partial charge in [-0.25, -0.2) is 0 Å². The average molecular weight is 426 g/mol. The van der Waals surface area contributed by atoms with Gasteiger partial charge < -0.3 is 4.90 Å². The molecule has 1 aliphatic carbocycles. The Morgan fingerprint density at radius 1 is 1.09 bits per heavy atom. The molecule has 0 spiro atoms. The zero-order chi connectivity index (χ0) is 22.1. The number of aryl methyl sites for hydroxylation is 1. The van der Waals surface area contributed by atoms with Crippen LogP contribution < -0.4 is 0 Å².